The first-order valence-corrected chi connectivity index (χ1v) is 37.7. The molecule has 0 saturated heterocycles. The number of carbonyl (C=O) groups excluding carboxylic acids is 10. The van der Waals surface area contributed by atoms with Crippen LogP contribution in [-0.4, -0.2) is 128 Å². The molecule has 0 spiro atoms. The summed E-state index contributed by atoms with van der Waals surface area (Å²) < 4.78 is 25.5. The Bertz CT molecular complexity index is 3640. The number of nitrogens with one attached hydrogen (secondary N) is 5. The van der Waals surface area contributed by atoms with Crippen molar-refractivity contribution in [3.05, 3.63) is 184 Å². The normalized spacial score (nSPS) is 12.1. The standard InChI is InChI=1S/C19H23NO3.C18H27NO3.C17H25NO3.C16H21Cl2NO3.C14H20N2O3/c1-13(2)12-23-19(22)14(3)20-18(21)11-15-8-9-16-6-4-5-7-17(16)10-15;1-14(2)13-22-18(21)15(3)19-17(20)12-8-7-11-16-9-5-4-6-10-16;1-13(2)12-21-17(20)14(3)18-16(19)11-7-10-15-8-5-4-6-9-15;1-4-14(16(21)22-9-10(2)3)19-15(20)8-11-5-6-12(17)13(18)7-11;1-10(2)9-19-14(18)11(3)16-13(17)8-12-4-6-15-7-5-12/h4-10,13-14H,11-12H2,1-3H3,(H,20,21);4-6,9-10,14-15H,7-8,11-13H2,1-3H3,(H,19,20);4-6,8-9,13-14H,7,10-12H2,1-3H3,(H,18,19);5-7,10,14H,4,8-9H2,1-3H3,(H,19,20);4-7,10-11H,8-9H2,1-3H3,(H,16,17). The summed E-state index contributed by atoms with van der Waals surface area (Å²) in [5.74, 6) is -1.40. The first-order chi connectivity index (χ1) is 50.7. The van der Waals surface area contributed by atoms with Crippen molar-refractivity contribution in [2.45, 2.75) is 205 Å². The second kappa shape index (κ2) is 53.5. The molecule has 5 N–H and O–H groups in total. The van der Waals surface area contributed by atoms with Crippen LogP contribution < -0.4 is 26.6 Å². The Hall–Kier alpha value is -9.21. The van der Waals surface area contributed by atoms with Crippen LogP contribution in [0.25, 0.3) is 10.8 Å². The molecule has 6 rings (SSSR count). The maximum Gasteiger partial charge on any atom is 0.328 e. The van der Waals surface area contributed by atoms with Gasteiger partial charge in [0.15, 0.2) is 0 Å². The van der Waals surface area contributed by atoms with Crippen LogP contribution in [0.5, 0.6) is 0 Å². The molecule has 0 saturated carbocycles. The minimum Gasteiger partial charge on any atom is -0.464 e. The topological polar surface area (TPSA) is 290 Å². The predicted octanol–water partition coefficient (Wildman–Crippen LogP) is 13.9. The number of amides is 5. The van der Waals surface area contributed by atoms with E-state index in [9.17, 15) is 47.9 Å². The van der Waals surface area contributed by atoms with Gasteiger partial charge in [0.25, 0.3) is 0 Å². The highest BCUT2D eigenvalue weighted by Crippen LogP contribution is 2.23. The fraction of sp³-hybridized carbons (Fsp3) is 0.488. The molecule has 0 fully saturated rings. The maximum atomic E-state index is 12.1. The predicted molar refractivity (Wildman–Crippen MR) is 421 cm³/mol. The Morgan fingerprint density at radius 2 is 0.682 bits per heavy atom. The number of nitrogens with zero attached hydrogens (tertiary/aromatic N) is 1. The zero-order chi connectivity index (χ0) is 79.8. The van der Waals surface area contributed by atoms with Gasteiger partial charge in [-0.2, -0.15) is 0 Å². The number of pyridine rings is 1. The van der Waals surface area contributed by atoms with Crippen LogP contribution in [0.15, 0.2) is 146 Å². The molecule has 586 valence electrons. The quantitative estimate of drug-likeness (QED) is 0.0139. The minimum absolute atomic E-state index is 0.0953. The highest BCUT2D eigenvalue weighted by Gasteiger charge is 2.23. The molecule has 5 aromatic carbocycles. The number of halogens is 2. The van der Waals surface area contributed by atoms with Crippen molar-refractivity contribution in [1.82, 2.24) is 31.6 Å². The third-order valence-corrected chi connectivity index (χ3v) is 15.8. The zero-order valence-corrected chi connectivity index (χ0v) is 66.8. The van der Waals surface area contributed by atoms with E-state index in [1.165, 1.54) is 11.1 Å². The van der Waals surface area contributed by atoms with E-state index in [4.69, 9.17) is 46.9 Å². The molecule has 0 aliphatic heterocycles. The highest BCUT2D eigenvalue weighted by atomic mass is 35.5. The van der Waals surface area contributed by atoms with Gasteiger partial charge in [-0.3, -0.25) is 29.0 Å². The zero-order valence-electron chi connectivity index (χ0n) is 65.3. The Labute approximate surface area is 644 Å². The van der Waals surface area contributed by atoms with Gasteiger partial charge in [0.2, 0.25) is 29.5 Å². The number of rotatable bonds is 36. The third kappa shape index (κ3) is 44.5. The molecule has 5 unspecified atom stereocenters. The molecule has 0 bridgehead atoms. The van der Waals surface area contributed by atoms with Gasteiger partial charge in [-0.1, -0.05) is 209 Å². The fourth-order valence-corrected chi connectivity index (χ4v) is 9.60. The van der Waals surface area contributed by atoms with Crippen LogP contribution >= 0.6 is 23.2 Å². The fourth-order valence-electron chi connectivity index (χ4n) is 9.28. The van der Waals surface area contributed by atoms with Gasteiger partial charge in [-0.25, -0.2) is 24.0 Å². The molecular formula is C84H116Cl2N6O15. The lowest BCUT2D eigenvalue weighted by Crippen LogP contribution is -2.42. The van der Waals surface area contributed by atoms with E-state index in [2.05, 4.69) is 43.7 Å². The molecule has 23 heteroatoms. The van der Waals surface area contributed by atoms with Gasteiger partial charge in [-0.05, 0) is 159 Å². The highest BCUT2D eigenvalue weighted by molar-refractivity contribution is 6.42. The summed E-state index contributed by atoms with van der Waals surface area (Å²) in [6.45, 7) is 29.9. The summed E-state index contributed by atoms with van der Waals surface area (Å²) >= 11 is 11.7. The van der Waals surface area contributed by atoms with Crippen molar-refractivity contribution in [2.24, 2.45) is 29.6 Å². The van der Waals surface area contributed by atoms with E-state index in [1.54, 1.807) is 70.4 Å². The van der Waals surface area contributed by atoms with Gasteiger partial charge in [0.05, 0.1) is 62.3 Å². The number of esters is 5. The van der Waals surface area contributed by atoms with E-state index >= 15 is 0 Å². The number of ether oxygens (including phenoxy) is 5. The lowest BCUT2D eigenvalue weighted by molar-refractivity contribution is -0.149. The van der Waals surface area contributed by atoms with Crippen molar-refractivity contribution < 1.29 is 71.6 Å². The summed E-state index contributed by atoms with van der Waals surface area (Å²) in [5.41, 5.74) is 5.01. The van der Waals surface area contributed by atoms with E-state index in [1.807, 2.05) is 167 Å². The lowest BCUT2D eigenvalue weighted by Gasteiger charge is -2.17. The number of carbonyl (C=O) groups is 10. The van der Waals surface area contributed by atoms with Crippen molar-refractivity contribution in [2.75, 3.05) is 33.0 Å². The molecule has 0 aliphatic rings. The first kappa shape index (κ1) is 93.9. The minimum atomic E-state index is -0.637. The summed E-state index contributed by atoms with van der Waals surface area (Å²) in [5, 5.41) is 16.4. The summed E-state index contributed by atoms with van der Waals surface area (Å²) in [7, 11) is 0. The third-order valence-electron chi connectivity index (χ3n) is 15.1. The molecule has 0 aliphatic carbocycles. The maximum absolute atomic E-state index is 12.1. The number of benzene rings is 5. The van der Waals surface area contributed by atoms with Gasteiger partial charge in [0, 0.05) is 25.2 Å². The Morgan fingerprint density at radius 3 is 1.09 bits per heavy atom. The van der Waals surface area contributed by atoms with Crippen molar-refractivity contribution in [3.63, 3.8) is 0 Å². The van der Waals surface area contributed by atoms with Crippen LogP contribution in [0, 0.1) is 29.6 Å². The molecule has 107 heavy (non-hydrogen) atoms. The van der Waals surface area contributed by atoms with Gasteiger partial charge >= 0.3 is 29.8 Å². The van der Waals surface area contributed by atoms with Crippen LogP contribution in [-0.2, 0) is 104 Å². The second-order valence-electron chi connectivity index (χ2n) is 28.2. The van der Waals surface area contributed by atoms with Gasteiger partial charge < -0.3 is 50.3 Å². The summed E-state index contributed by atoms with van der Waals surface area (Å²) in [6, 6.07) is 39.7. The average Bonchev–Trinajstić information content (AvgIpc) is 0.846. The number of fused-ring (bicyclic) bond motifs is 1. The molecule has 1 heterocycles. The number of unbranched alkanes of at least 4 members (excludes halogenated alkanes) is 1. The number of aromatic nitrogens is 1. The Kier molecular flexibility index (Phi) is 47.0. The molecule has 0 radical (unpaired) electrons. The Balaban J connectivity index is 0.000000455. The molecule has 1 aromatic heterocycles. The first-order valence-electron chi connectivity index (χ1n) is 36.9. The molecule has 5 atom stereocenters. The van der Waals surface area contributed by atoms with Gasteiger partial charge in [-0.15, -0.1) is 0 Å². The Morgan fingerprint density at radius 1 is 0.336 bits per heavy atom. The average molecular weight is 1520 g/mol. The van der Waals surface area contributed by atoms with Crippen molar-refractivity contribution >= 4 is 93.4 Å². The van der Waals surface area contributed by atoms with Crippen molar-refractivity contribution in [1.29, 1.82) is 0 Å². The van der Waals surface area contributed by atoms with Crippen LogP contribution in [0.3, 0.4) is 0 Å². The smallest absolute Gasteiger partial charge is 0.328 e. The second-order valence-corrected chi connectivity index (χ2v) is 29.0. The molecular weight excluding hydrogens is 1400 g/mol. The molecule has 6 aromatic rings. The number of aryl methyl sites for hydroxylation is 2. The van der Waals surface area contributed by atoms with Crippen LogP contribution in [0.2, 0.25) is 10.0 Å². The van der Waals surface area contributed by atoms with Crippen molar-refractivity contribution in [3.8, 4) is 0 Å². The molecule has 21 nitrogen and oxygen atoms in total. The molecule has 5 amide bonds. The SMILES string of the molecule is CC(C)COC(=O)C(C)NC(=O)CCCCc1ccccc1.CC(C)COC(=O)C(C)NC(=O)CCCc1ccccc1.CC(C)COC(=O)C(C)NC(=O)Cc1ccc2ccccc2c1.CC(C)COC(=O)C(C)NC(=O)Cc1ccncc1.CCC(NC(=O)Cc1ccc(Cl)c(Cl)c1)C(=O)OCC(C)C. The summed E-state index contributed by atoms with van der Waals surface area (Å²) in [6.07, 6.45) is 9.56. The van der Waals surface area contributed by atoms with E-state index in [-0.39, 0.29) is 78.5 Å². The largest absolute Gasteiger partial charge is 0.464 e. The lowest BCUT2D eigenvalue weighted by atomic mass is 10.0. The van der Waals surface area contributed by atoms with E-state index in [0.29, 0.717) is 74.2 Å². The number of hydrogen-bond donors (Lipinski definition) is 5. The van der Waals surface area contributed by atoms with Crippen LogP contribution in [0.4, 0.5) is 0 Å². The van der Waals surface area contributed by atoms with Crippen LogP contribution in [0.1, 0.15) is 170 Å². The summed E-state index contributed by atoms with van der Waals surface area (Å²) in [4.78, 5) is 122. The van der Waals surface area contributed by atoms with E-state index < -0.39 is 48.1 Å². The number of hydrogen-bond acceptors (Lipinski definition) is 16. The van der Waals surface area contributed by atoms with Gasteiger partial charge in [0.1, 0.15) is 30.2 Å². The van der Waals surface area contributed by atoms with E-state index in [0.717, 1.165) is 59.6 Å². The monoisotopic (exact) mass is 1520 g/mol.